The van der Waals surface area contributed by atoms with Crippen molar-refractivity contribution in [2.75, 3.05) is 39.8 Å². The van der Waals surface area contributed by atoms with Crippen LogP contribution < -0.4 is 16.1 Å². The van der Waals surface area contributed by atoms with E-state index < -0.39 is 0 Å². The van der Waals surface area contributed by atoms with Crippen molar-refractivity contribution in [3.63, 3.8) is 0 Å². The number of halogens is 1. The van der Waals surface area contributed by atoms with Crippen LogP contribution in [0.2, 0.25) is 0 Å². The number of aromatic nitrogens is 2. The molecule has 4 aromatic rings. The monoisotopic (exact) mass is 503 g/mol. The number of hydrogen-bond donors (Lipinski definition) is 4. The fraction of sp³-hybridized carbons (Fsp3) is 0.391. The highest BCUT2D eigenvalue weighted by atomic mass is 79.9. The van der Waals surface area contributed by atoms with Crippen LogP contribution in [-0.2, 0) is 6.54 Å². The Hall–Kier alpha value is -2.62. The van der Waals surface area contributed by atoms with Gasteiger partial charge >= 0.3 is 0 Å². The van der Waals surface area contributed by atoms with E-state index in [1.807, 2.05) is 23.9 Å². The minimum Gasteiger partial charge on any atom is -0.507 e. The summed E-state index contributed by atoms with van der Waals surface area (Å²) in [6.45, 7) is 8.98. The molecule has 0 radical (unpaired) electrons. The molecular weight excluding hydrogens is 474 g/mol. The summed E-state index contributed by atoms with van der Waals surface area (Å²) >= 11 is 0. The van der Waals surface area contributed by atoms with Gasteiger partial charge in [0, 0.05) is 18.5 Å². The molecule has 0 aliphatic heterocycles. The first-order valence-electron chi connectivity index (χ1n) is 10.7. The maximum absolute atomic E-state index is 12.8. The van der Waals surface area contributed by atoms with Crippen LogP contribution in [0.4, 0.5) is 0 Å². The number of aromatic hydroxyl groups is 2. The second-order valence-electron chi connectivity index (χ2n) is 7.69. The molecule has 1 heterocycles. The van der Waals surface area contributed by atoms with Gasteiger partial charge in [-0.15, -0.1) is 17.0 Å². The topological polar surface area (TPSA) is 106 Å². The summed E-state index contributed by atoms with van der Waals surface area (Å²) in [6.07, 6.45) is 0. The van der Waals surface area contributed by atoms with Crippen LogP contribution in [-0.4, -0.2) is 64.7 Å². The van der Waals surface area contributed by atoms with Gasteiger partial charge in [0.1, 0.15) is 11.5 Å². The highest BCUT2D eigenvalue weighted by Crippen LogP contribution is 2.41. The largest absolute Gasteiger partial charge is 0.507 e. The number of phenols is 2. The number of H-pyrrole nitrogens is 1. The van der Waals surface area contributed by atoms with E-state index in [9.17, 15) is 15.0 Å². The smallest absolute Gasteiger partial charge is 0.189 e. The van der Waals surface area contributed by atoms with Gasteiger partial charge < -0.3 is 20.4 Å². The molecular formula is C23H30BrN5O3. The number of hydrogen-bond acceptors (Lipinski definition) is 6. The molecule has 32 heavy (non-hydrogen) atoms. The van der Waals surface area contributed by atoms with Crippen LogP contribution in [0.1, 0.15) is 13.8 Å². The molecule has 0 aliphatic rings. The SMILES string of the molecule is Br.CCN(CC)CCn1[nH]c2c3c(=O)ccc(O)c3c(O)c3c(=NCCNC)ccc1c32. The van der Waals surface area contributed by atoms with Gasteiger partial charge in [-0.3, -0.25) is 19.6 Å². The summed E-state index contributed by atoms with van der Waals surface area (Å²) in [4.78, 5) is 19.7. The molecule has 9 heteroatoms. The van der Waals surface area contributed by atoms with Gasteiger partial charge in [0.2, 0.25) is 0 Å². The number of phenolic OH excluding ortho intramolecular Hbond substituents is 2. The average Bonchev–Trinajstić information content (AvgIpc) is 3.13. The van der Waals surface area contributed by atoms with Crippen LogP contribution >= 0.6 is 17.0 Å². The summed E-state index contributed by atoms with van der Waals surface area (Å²) in [5, 5.41) is 30.5. The molecule has 0 saturated heterocycles. The number of likely N-dealkylation sites (N-methyl/N-ethyl adjacent to an activating group) is 2. The highest BCUT2D eigenvalue weighted by Gasteiger charge is 2.22. The van der Waals surface area contributed by atoms with Crippen molar-refractivity contribution >= 4 is 49.6 Å². The van der Waals surface area contributed by atoms with E-state index in [0.29, 0.717) is 41.3 Å². The van der Waals surface area contributed by atoms with E-state index in [1.54, 1.807) is 0 Å². The van der Waals surface area contributed by atoms with E-state index >= 15 is 0 Å². The average molecular weight is 504 g/mol. The maximum Gasteiger partial charge on any atom is 0.189 e. The van der Waals surface area contributed by atoms with Crippen molar-refractivity contribution in [1.82, 2.24) is 20.0 Å². The summed E-state index contributed by atoms with van der Waals surface area (Å²) in [5.41, 5.74) is 1.26. The second kappa shape index (κ2) is 9.89. The molecule has 172 valence electrons. The predicted octanol–water partition coefficient (Wildman–Crippen LogP) is 2.52. The summed E-state index contributed by atoms with van der Waals surface area (Å²) in [6, 6.07) is 6.53. The minimum atomic E-state index is -0.249. The van der Waals surface area contributed by atoms with Gasteiger partial charge in [-0.05, 0) is 44.4 Å². The first-order valence-corrected chi connectivity index (χ1v) is 10.7. The Morgan fingerprint density at radius 1 is 1.06 bits per heavy atom. The lowest BCUT2D eigenvalue weighted by Crippen LogP contribution is -2.27. The maximum atomic E-state index is 12.8. The Morgan fingerprint density at radius 3 is 2.50 bits per heavy atom. The zero-order valence-corrected chi connectivity index (χ0v) is 20.3. The van der Waals surface area contributed by atoms with E-state index in [2.05, 4.69) is 34.2 Å². The van der Waals surface area contributed by atoms with Crippen LogP contribution in [0, 0.1) is 0 Å². The summed E-state index contributed by atoms with van der Waals surface area (Å²) < 4.78 is 2.01. The van der Waals surface area contributed by atoms with E-state index in [1.165, 1.54) is 12.1 Å². The third kappa shape index (κ3) is 3.96. The van der Waals surface area contributed by atoms with Crippen LogP contribution in [0.25, 0.3) is 32.6 Å². The lowest BCUT2D eigenvalue weighted by atomic mass is 9.99. The molecule has 8 nitrogen and oxygen atoms in total. The van der Waals surface area contributed by atoms with Crippen molar-refractivity contribution in [2.45, 2.75) is 20.4 Å². The lowest BCUT2D eigenvalue weighted by molar-refractivity contribution is 0.287. The highest BCUT2D eigenvalue weighted by molar-refractivity contribution is 8.93. The number of nitrogens with one attached hydrogen (secondary N) is 2. The third-order valence-corrected chi connectivity index (χ3v) is 6.00. The van der Waals surface area contributed by atoms with Crippen molar-refractivity contribution in [1.29, 1.82) is 0 Å². The first kappa shape index (κ1) is 24.0. The van der Waals surface area contributed by atoms with Gasteiger partial charge in [0.05, 0.1) is 45.6 Å². The molecule has 0 amide bonds. The van der Waals surface area contributed by atoms with Crippen LogP contribution in [0.15, 0.2) is 34.1 Å². The van der Waals surface area contributed by atoms with E-state index in [4.69, 9.17) is 0 Å². The van der Waals surface area contributed by atoms with Gasteiger partial charge in [0.15, 0.2) is 5.43 Å². The third-order valence-electron chi connectivity index (χ3n) is 6.00. The Kier molecular flexibility index (Phi) is 7.43. The molecule has 0 aliphatic carbocycles. The first-order chi connectivity index (χ1) is 15.0. The predicted molar refractivity (Wildman–Crippen MR) is 135 cm³/mol. The zero-order chi connectivity index (χ0) is 22.1. The van der Waals surface area contributed by atoms with E-state index in [0.717, 1.165) is 30.5 Å². The van der Waals surface area contributed by atoms with Crippen LogP contribution in [0.3, 0.4) is 0 Å². The fourth-order valence-electron chi connectivity index (χ4n) is 4.29. The molecule has 0 unspecified atom stereocenters. The number of benzene rings is 3. The van der Waals surface area contributed by atoms with Crippen molar-refractivity contribution in [3.8, 4) is 11.5 Å². The van der Waals surface area contributed by atoms with E-state index in [-0.39, 0.29) is 39.3 Å². The molecule has 4 rings (SSSR count). The van der Waals surface area contributed by atoms with Crippen LogP contribution in [0.5, 0.6) is 11.5 Å². The normalized spacial score (nSPS) is 12.4. The van der Waals surface area contributed by atoms with Gasteiger partial charge in [-0.2, -0.15) is 0 Å². The number of rotatable bonds is 8. The molecule has 0 atom stereocenters. The Labute approximate surface area is 196 Å². The number of fused-ring (bicyclic) bond motifs is 2. The van der Waals surface area contributed by atoms with Gasteiger partial charge in [-0.25, -0.2) is 0 Å². The van der Waals surface area contributed by atoms with Crippen molar-refractivity contribution < 1.29 is 10.2 Å². The van der Waals surface area contributed by atoms with Crippen molar-refractivity contribution in [3.05, 3.63) is 39.8 Å². The Balaban J connectivity index is 0.00000289. The van der Waals surface area contributed by atoms with Gasteiger partial charge in [0.25, 0.3) is 0 Å². The Bertz CT molecular complexity index is 1360. The molecule has 1 aromatic heterocycles. The summed E-state index contributed by atoms with van der Waals surface area (Å²) in [5.74, 6) is -0.235. The standard InChI is InChI=1S/C23H29N5O3.BrH/c1-4-27(5-2)12-13-28-15-7-6-14(25-11-10-24-3)18-19(15)22(26-28)20-16(29)8-9-17(30)21(20)23(18)31;/h6-9,24,26,30-31H,4-5,10-13H2,1-3H3;1H. The summed E-state index contributed by atoms with van der Waals surface area (Å²) in [7, 11) is 1.86. The molecule has 0 fully saturated rings. The molecule has 0 bridgehead atoms. The molecule has 3 aromatic carbocycles. The fourth-order valence-corrected chi connectivity index (χ4v) is 4.29. The van der Waals surface area contributed by atoms with Gasteiger partial charge in [-0.1, -0.05) is 13.8 Å². The Morgan fingerprint density at radius 2 is 1.81 bits per heavy atom. The molecule has 0 saturated carbocycles. The second-order valence-corrected chi connectivity index (χ2v) is 7.69. The quantitative estimate of drug-likeness (QED) is 0.218. The molecule has 0 spiro atoms. The lowest BCUT2D eigenvalue weighted by Gasteiger charge is -2.18. The van der Waals surface area contributed by atoms with Crippen molar-refractivity contribution in [2.24, 2.45) is 4.99 Å². The number of nitrogens with zero attached hydrogens (tertiary/aromatic N) is 3. The number of aromatic amines is 1. The minimum absolute atomic E-state index is 0. The zero-order valence-electron chi connectivity index (χ0n) is 18.6. The molecule has 4 N–H and O–H groups in total.